The van der Waals surface area contributed by atoms with Crippen molar-refractivity contribution in [2.45, 2.75) is 108 Å². The van der Waals surface area contributed by atoms with Crippen LogP contribution in [-0.2, 0) is 38.3 Å². The summed E-state index contributed by atoms with van der Waals surface area (Å²) in [5.74, 6) is -8.92. The lowest BCUT2D eigenvalue weighted by molar-refractivity contribution is -0.147. The molecule has 0 saturated carbocycles. The van der Waals surface area contributed by atoms with E-state index in [0.29, 0.717) is 0 Å². The summed E-state index contributed by atoms with van der Waals surface area (Å²) in [5.41, 5.74) is 9.48. The van der Waals surface area contributed by atoms with Crippen LogP contribution in [0, 0.1) is 0 Å². The van der Waals surface area contributed by atoms with E-state index >= 15 is 0 Å². The fourth-order valence-corrected chi connectivity index (χ4v) is 4.66. The number of aliphatic carboxylic acids is 3. The molecule has 1 fully saturated rings. The lowest BCUT2D eigenvalue weighted by atomic mass is 10.1. The van der Waals surface area contributed by atoms with E-state index in [1.165, 1.54) is 20.8 Å². The average molecular weight is 703 g/mol. The fraction of sp³-hybridized carbons (Fsp3) is 0.679. The molecule has 1 heterocycles. The van der Waals surface area contributed by atoms with Gasteiger partial charge in [0.2, 0.25) is 23.6 Å². The zero-order valence-electron chi connectivity index (χ0n) is 27.6. The molecule has 0 aromatic rings. The third-order valence-electron chi connectivity index (χ3n) is 6.84. The minimum Gasteiger partial charge on any atom is -0.481 e. The molecule has 0 unspecified atom stereocenters. The van der Waals surface area contributed by atoms with Crippen molar-refractivity contribution in [2.75, 3.05) is 13.1 Å². The van der Waals surface area contributed by atoms with Crippen molar-refractivity contribution in [3.63, 3.8) is 0 Å². The molecule has 49 heavy (non-hydrogen) atoms. The minimum absolute atomic E-state index is 0.0467. The predicted molar refractivity (Wildman–Crippen MR) is 167 cm³/mol. The van der Waals surface area contributed by atoms with Crippen molar-refractivity contribution in [1.82, 2.24) is 26.2 Å². The number of nitrogens with one attached hydrogen (secondary N) is 4. The van der Waals surface area contributed by atoms with Crippen LogP contribution in [0.15, 0.2) is 4.99 Å². The van der Waals surface area contributed by atoms with E-state index < -0.39 is 102 Å². The SMILES string of the molecule is C[C@@H](O)[C@H](NC(=O)[C@H](CC(=O)O)NC(=O)OC(C)(C)C)C(=O)N[C@@H](CC(=O)O)C(=O)N1CCC[C@H]1C(=O)N[C@@H](CCCN=C(N)N)C(=O)O. The zero-order valence-corrected chi connectivity index (χ0v) is 27.6. The summed E-state index contributed by atoms with van der Waals surface area (Å²) in [6.07, 6.45) is -4.24. The molecule has 5 amide bonds. The van der Waals surface area contributed by atoms with E-state index in [4.69, 9.17) is 16.2 Å². The Kier molecular flexibility index (Phi) is 16.2. The number of aliphatic hydroxyl groups is 1. The zero-order chi connectivity index (χ0) is 37.6. The number of likely N-dealkylation sites (tertiary alicyclic amines) is 1. The van der Waals surface area contributed by atoms with Crippen LogP contribution < -0.4 is 32.7 Å². The van der Waals surface area contributed by atoms with Gasteiger partial charge in [0.1, 0.15) is 35.8 Å². The number of carbonyl (C=O) groups is 8. The molecule has 0 aromatic carbocycles. The molecule has 6 atom stereocenters. The molecule has 1 rings (SSSR count). The van der Waals surface area contributed by atoms with Gasteiger partial charge in [0.15, 0.2) is 5.96 Å². The first-order valence-electron chi connectivity index (χ1n) is 15.2. The summed E-state index contributed by atoms with van der Waals surface area (Å²) in [7, 11) is 0. The van der Waals surface area contributed by atoms with Crippen molar-refractivity contribution >= 4 is 53.6 Å². The summed E-state index contributed by atoms with van der Waals surface area (Å²) in [5, 5.41) is 47.2. The van der Waals surface area contributed by atoms with Crippen molar-refractivity contribution in [1.29, 1.82) is 0 Å². The highest BCUT2D eigenvalue weighted by Gasteiger charge is 2.41. The third kappa shape index (κ3) is 15.0. The fourth-order valence-electron chi connectivity index (χ4n) is 4.66. The van der Waals surface area contributed by atoms with Crippen LogP contribution in [0.2, 0.25) is 0 Å². The summed E-state index contributed by atoms with van der Waals surface area (Å²) < 4.78 is 5.03. The van der Waals surface area contributed by atoms with Gasteiger partial charge in [-0.15, -0.1) is 0 Å². The van der Waals surface area contributed by atoms with Gasteiger partial charge >= 0.3 is 24.0 Å². The van der Waals surface area contributed by atoms with Crippen LogP contribution in [-0.4, -0.2) is 134 Å². The molecule has 1 saturated heterocycles. The van der Waals surface area contributed by atoms with Crippen LogP contribution in [0.4, 0.5) is 4.79 Å². The number of hydrogen-bond donors (Lipinski definition) is 10. The molecule has 21 nitrogen and oxygen atoms in total. The van der Waals surface area contributed by atoms with Gasteiger partial charge in [-0.2, -0.15) is 0 Å². The van der Waals surface area contributed by atoms with Gasteiger partial charge in [-0.25, -0.2) is 9.59 Å². The van der Waals surface area contributed by atoms with Crippen molar-refractivity contribution in [3.8, 4) is 0 Å². The summed E-state index contributed by atoms with van der Waals surface area (Å²) >= 11 is 0. The highest BCUT2D eigenvalue weighted by Crippen LogP contribution is 2.20. The number of ether oxygens (including phenoxy) is 1. The first-order valence-corrected chi connectivity index (χ1v) is 15.2. The molecule has 0 bridgehead atoms. The maximum atomic E-state index is 13.5. The van der Waals surface area contributed by atoms with E-state index in [9.17, 15) is 58.8 Å². The molecule has 0 aromatic heterocycles. The second kappa shape index (κ2) is 19.0. The summed E-state index contributed by atoms with van der Waals surface area (Å²) in [4.78, 5) is 105. The Morgan fingerprint density at radius 2 is 1.47 bits per heavy atom. The Morgan fingerprint density at radius 3 is 1.98 bits per heavy atom. The lowest BCUT2D eigenvalue weighted by Crippen LogP contribution is -2.61. The molecule has 21 heteroatoms. The van der Waals surface area contributed by atoms with Crippen LogP contribution >= 0.6 is 0 Å². The summed E-state index contributed by atoms with van der Waals surface area (Å²) in [6.45, 7) is 5.68. The molecule has 0 radical (unpaired) electrons. The number of amides is 5. The Balaban J connectivity index is 3.14. The van der Waals surface area contributed by atoms with Gasteiger partial charge in [0.25, 0.3) is 0 Å². The van der Waals surface area contributed by atoms with Gasteiger partial charge in [-0.1, -0.05) is 0 Å². The molecule has 276 valence electrons. The molecule has 1 aliphatic heterocycles. The van der Waals surface area contributed by atoms with E-state index in [1.807, 2.05) is 0 Å². The maximum Gasteiger partial charge on any atom is 0.408 e. The van der Waals surface area contributed by atoms with Gasteiger partial charge in [-0.3, -0.25) is 33.8 Å². The van der Waals surface area contributed by atoms with E-state index in [0.717, 1.165) is 11.8 Å². The number of hydrogen-bond acceptors (Lipinski definition) is 11. The Morgan fingerprint density at radius 1 is 0.878 bits per heavy atom. The normalized spacial score (nSPS) is 17.2. The highest BCUT2D eigenvalue weighted by molar-refractivity contribution is 5.98. The molecule has 0 aliphatic carbocycles. The Labute approximate surface area is 281 Å². The molecule has 1 aliphatic rings. The predicted octanol–water partition coefficient (Wildman–Crippen LogP) is -3.21. The molecular weight excluding hydrogens is 656 g/mol. The van der Waals surface area contributed by atoms with Gasteiger partial charge in [-0.05, 0) is 53.4 Å². The van der Waals surface area contributed by atoms with E-state index in [2.05, 4.69) is 26.3 Å². The standard InChI is InChI=1S/C28H46N8O13/c1-13(37)20(35-21(42)15(11-18(38)39)34-27(48)49-28(2,3)4)23(44)33-16(12-19(40)41)24(45)36-10-6-8-17(36)22(43)32-14(25(46)47)7-5-9-31-26(29)30/h13-17,20,37H,5-12H2,1-4H3,(H,32,43)(H,33,44)(H,34,48)(H,35,42)(H,38,39)(H,40,41)(H,46,47)(H4,29,30,31)/t13-,14+,15+,16+,17+,20+/m1/s1. The number of nitrogens with two attached hydrogens (primary N) is 2. The number of nitrogens with zero attached hydrogens (tertiary/aromatic N) is 2. The monoisotopic (exact) mass is 702 g/mol. The second-order valence-electron chi connectivity index (χ2n) is 12.2. The largest absolute Gasteiger partial charge is 0.481 e. The van der Waals surface area contributed by atoms with Gasteiger partial charge in [0, 0.05) is 13.1 Å². The van der Waals surface area contributed by atoms with Crippen LogP contribution in [0.3, 0.4) is 0 Å². The molecular formula is C28H46N8O13. The maximum absolute atomic E-state index is 13.5. The second-order valence-corrected chi connectivity index (χ2v) is 12.2. The number of aliphatic hydroxyl groups excluding tert-OH is 1. The average Bonchev–Trinajstić information content (AvgIpc) is 3.44. The number of alkyl carbamates (subject to hydrolysis) is 1. The Bertz CT molecular complexity index is 1280. The number of carbonyl (C=O) groups excluding carboxylic acids is 5. The third-order valence-corrected chi connectivity index (χ3v) is 6.84. The van der Waals surface area contributed by atoms with Crippen LogP contribution in [0.25, 0.3) is 0 Å². The van der Waals surface area contributed by atoms with Crippen molar-refractivity contribution in [3.05, 3.63) is 0 Å². The molecule has 0 spiro atoms. The number of carboxylic acids is 3. The quantitative estimate of drug-likeness (QED) is 0.0382. The lowest BCUT2D eigenvalue weighted by Gasteiger charge is -2.30. The topological polar surface area (TPSA) is 342 Å². The van der Waals surface area contributed by atoms with Gasteiger partial charge < -0.3 is 62.8 Å². The minimum atomic E-state index is -1.87. The number of guanidine groups is 1. The number of carboxylic acid groups (broad SMARTS) is 3. The number of rotatable bonds is 18. The number of aliphatic imine (C=N–C) groups is 1. The smallest absolute Gasteiger partial charge is 0.408 e. The summed E-state index contributed by atoms with van der Waals surface area (Å²) in [6, 6.07) is -8.05. The van der Waals surface area contributed by atoms with E-state index in [1.54, 1.807) is 0 Å². The first kappa shape index (κ1) is 41.8. The van der Waals surface area contributed by atoms with Crippen LogP contribution in [0.1, 0.15) is 66.2 Å². The van der Waals surface area contributed by atoms with Crippen molar-refractivity contribution < 1.29 is 63.5 Å². The van der Waals surface area contributed by atoms with Crippen LogP contribution in [0.5, 0.6) is 0 Å². The molecule has 12 N–H and O–H groups in total. The van der Waals surface area contributed by atoms with Gasteiger partial charge in [0.05, 0.1) is 18.9 Å². The van der Waals surface area contributed by atoms with Crippen molar-refractivity contribution in [2.24, 2.45) is 16.5 Å². The highest BCUT2D eigenvalue weighted by atomic mass is 16.6. The first-order chi connectivity index (χ1) is 22.6. The van der Waals surface area contributed by atoms with E-state index in [-0.39, 0.29) is 44.7 Å². The Hall–Kier alpha value is -5.21.